The van der Waals surface area contributed by atoms with Crippen molar-refractivity contribution < 1.29 is 14.6 Å². The minimum absolute atomic E-state index is 0.0417. The molecule has 0 bridgehead atoms. The van der Waals surface area contributed by atoms with E-state index in [2.05, 4.69) is 14.8 Å². The Morgan fingerprint density at radius 3 is 3.05 bits per heavy atom. The van der Waals surface area contributed by atoms with E-state index >= 15 is 0 Å². The lowest BCUT2D eigenvalue weighted by Crippen LogP contribution is -2.50. The van der Waals surface area contributed by atoms with Gasteiger partial charge >= 0.3 is 0 Å². The molecule has 2 atom stereocenters. The molecule has 21 heavy (non-hydrogen) atoms. The number of aliphatic hydroxyl groups is 1. The molecular weight excluding hydrogens is 292 g/mol. The van der Waals surface area contributed by atoms with Crippen LogP contribution in [-0.4, -0.2) is 68.3 Å². The zero-order chi connectivity index (χ0) is 14.8. The highest BCUT2D eigenvalue weighted by Crippen LogP contribution is 2.37. The summed E-state index contributed by atoms with van der Waals surface area (Å²) < 4.78 is 7.60. The fourth-order valence-corrected chi connectivity index (χ4v) is 3.39. The highest BCUT2D eigenvalue weighted by molar-refractivity contribution is 7.99. The van der Waals surface area contributed by atoms with Crippen molar-refractivity contribution in [2.45, 2.75) is 43.2 Å². The van der Waals surface area contributed by atoms with Gasteiger partial charge in [0, 0.05) is 19.1 Å². The van der Waals surface area contributed by atoms with Crippen molar-refractivity contribution in [1.82, 2.24) is 19.7 Å². The first-order valence-electron chi connectivity index (χ1n) is 7.23. The topological polar surface area (TPSA) is 80.5 Å². The summed E-state index contributed by atoms with van der Waals surface area (Å²) in [5.74, 6) is 0.398. The molecule has 1 aromatic heterocycles. The van der Waals surface area contributed by atoms with Gasteiger partial charge in [0.1, 0.15) is 6.33 Å². The van der Waals surface area contributed by atoms with Gasteiger partial charge in [-0.2, -0.15) is 0 Å². The van der Waals surface area contributed by atoms with Crippen LogP contribution in [0.5, 0.6) is 0 Å². The first-order valence-corrected chi connectivity index (χ1v) is 8.22. The lowest BCUT2D eigenvalue weighted by molar-refractivity contribution is -0.144. The lowest BCUT2D eigenvalue weighted by Gasteiger charge is -2.36. The van der Waals surface area contributed by atoms with Crippen LogP contribution in [0.1, 0.15) is 25.8 Å². The predicted molar refractivity (Wildman–Crippen MR) is 77.0 cm³/mol. The van der Waals surface area contributed by atoms with Crippen LogP contribution in [-0.2, 0) is 9.53 Å². The van der Waals surface area contributed by atoms with Gasteiger partial charge in [-0.15, -0.1) is 10.2 Å². The van der Waals surface area contributed by atoms with Crippen LogP contribution in [0.3, 0.4) is 0 Å². The van der Waals surface area contributed by atoms with Crippen molar-refractivity contribution >= 4 is 17.7 Å². The maximum atomic E-state index is 12.3. The molecule has 0 aromatic carbocycles. The van der Waals surface area contributed by atoms with Gasteiger partial charge in [0.05, 0.1) is 24.6 Å². The summed E-state index contributed by atoms with van der Waals surface area (Å²) in [6, 6.07) is 0.514. The number of rotatable bonds is 5. The lowest BCUT2D eigenvalue weighted by atomic mass is 10.2. The Labute approximate surface area is 127 Å². The van der Waals surface area contributed by atoms with Gasteiger partial charge in [-0.25, -0.2) is 0 Å². The number of nitrogens with zero attached hydrogens (tertiary/aromatic N) is 4. The Hall–Kier alpha value is -1.12. The third kappa shape index (κ3) is 3.56. The van der Waals surface area contributed by atoms with Crippen LogP contribution in [0, 0.1) is 0 Å². The van der Waals surface area contributed by atoms with Gasteiger partial charge in [0.2, 0.25) is 5.91 Å². The molecule has 1 N–H and O–H groups in total. The van der Waals surface area contributed by atoms with Crippen molar-refractivity contribution in [1.29, 1.82) is 0 Å². The molecule has 1 aliphatic heterocycles. The van der Waals surface area contributed by atoms with Crippen LogP contribution in [0.4, 0.5) is 0 Å². The number of aliphatic hydroxyl groups excluding tert-OH is 1. The van der Waals surface area contributed by atoms with Crippen LogP contribution in [0.25, 0.3) is 0 Å². The molecule has 0 spiro atoms. The molecule has 1 aliphatic carbocycles. The summed E-state index contributed by atoms with van der Waals surface area (Å²) in [7, 11) is 0. The summed E-state index contributed by atoms with van der Waals surface area (Å²) in [6.07, 6.45) is 3.75. The van der Waals surface area contributed by atoms with Crippen LogP contribution in [0.2, 0.25) is 0 Å². The highest BCUT2D eigenvalue weighted by atomic mass is 32.2. The zero-order valence-electron chi connectivity index (χ0n) is 12.0. The molecule has 3 rings (SSSR count). The molecule has 1 saturated carbocycles. The van der Waals surface area contributed by atoms with Gasteiger partial charge in [-0.05, 0) is 19.8 Å². The number of thioether (sulfide) groups is 1. The molecule has 0 radical (unpaired) electrons. The Morgan fingerprint density at radius 2 is 2.33 bits per heavy atom. The third-order valence-corrected chi connectivity index (χ3v) is 4.63. The smallest absolute Gasteiger partial charge is 0.233 e. The SMILES string of the molecule is CC1CN(C(=O)CSc2nncn2C2CC2)CC(CO)O1. The van der Waals surface area contributed by atoms with Crippen molar-refractivity contribution in [3.63, 3.8) is 0 Å². The van der Waals surface area contributed by atoms with E-state index in [0.717, 1.165) is 5.16 Å². The van der Waals surface area contributed by atoms with E-state index in [-0.39, 0.29) is 24.7 Å². The number of aromatic nitrogens is 3. The van der Waals surface area contributed by atoms with Crippen LogP contribution >= 0.6 is 11.8 Å². The average Bonchev–Trinajstić information content (AvgIpc) is 3.22. The van der Waals surface area contributed by atoms with E-state index in [1.54, 1.807) is 11.2 Å². The number of amides is 1. The molecule has 2 unspecified atom stereocenters. The largest absolute Gasteiger partial charge is 0.394 e. The first-order chi connectivity index (χ1) is 10.2. The number of carbonyl (C=O) groups excluding carboxylic acids is 1. The van der Waals surface area contributed by atoms with Gasteiger partial charge in [0.15, 0.2) is 5.16 Å². The summed E-state index contributed by atoms with van der Waals surface area (Å²) in [5.41, 5.74) is 0. The maximum Gasteiger partial charge on any atom is 0.233 e. The first kappa shape index (κ1) is 14.8. The average molecular weight is 312 g/mol. The van der Waals surface area contributed by atoms with Gasteiger partial charge in [0.25, 0.3) is 0 Å². The van der Waals surface area contributed by atoms with Crippen LogP contribution in [0.15, 0.2) is 11.5 Å². The summed E-state index contributed by atoms with van der Waals surface area (Å²) in [4.78, 5) is 14.1. The molecule has 1 aromatic rings. The number of hydrogen-bond acceptors (Lipinski definition) is 6. The monoisotopic (exact) mass is 312 g/mol. The highest BCUT2D eigenvalue weighted by Gasteiger charge is 2.29. The Morgan fingerprint density at radius 1 is 1.52 bits per heavy atom. The van der Waals surface area contributed by atoms with Crippen molar-refractivity contribution in [2.75, 3.05) is 25.4 Å². The molecule has 1 saturated heterocycles. The summed E-state index contributed by atoms with van der Waals surface area (Å²) >= 11 is 1.43. The Bertz CT molecular complexity index is 505. The van der Waals surface area contributed by atoms with E-state index in [0.29, 0.717) is 24.9 Å². The van der Waals surface area contributed by atoms with E-state index in [9.17, 15) is 9.90 Å². The number of morpholine rings is 1. The fourth-order valence-electron chi connectivity index (χ4n) is 2.51. The third-order valence-electron chi connectivity index (χ3n) is 3.69. The van der Waals surface area contributed by atoms with Crippen LogP contribution < -0.4 is 0 Å². The van der Waals surface area contributed by atoms with Gasteiger partial charge < -0.3 is 19.3 Å². The predicted octanol–water partition coefficient (Wildman–Crippen LogP) is 0.313. The van der Waals surface area contributed by atoms with Crippen molar-refractivity contribution in [3.05, 3.63) is 6.33 Å². The van der Waals surface area contributed by atoms with E-state index in [1.165, 1.54) is 24.6 Å². The normalized spacial score (nSPS) is 26.1. The molecule has 8 heteroatoms. The minimum atomic E-state index is -0.280. The summed E-state index contributed by atoms with van der Waals surface area (Å²) in [6.45, 7) is 2.89. The van der Waals surface area contributed by atoms with Crippen molar-refractivity contribution in [2.24, 2.45) is 0 Å². The maximum absolute atomic E-state index is 12.3. The molecular formula is C13H20N4O3S. The molecule has 1 amide bonds. The Balaban J connectivity index is 1.54. The van der Waals surface area contributed by atoms with Gasteiger partial charge in [-0.3, -0.25) is 4.79 Å². The molecule has 116 valence electrons. The number of carbonyl (C=O) groups is 1. The second-order valence-corrected chi connectivity index (χ2v) is 6.53. The molecule has 7 nitrogen and oxygen atoms in total. The number of ether oxygens (including phenoxy) is 1. The van der Waals surface area contributed by atoms with E-state index in [4.69, 9.17) is 4.74 Å². The van der Waals surface area contributed by atoms with Gasteiger partial charge in [-0.1, -0.05) is 11.8 Å². The molecule has 2 fully saturated rings. The van der Waals surface area contributed by atoms with Crippen molar-refractivity contribution in [3.8, 4) is 0 Å². The molecule has 2 heterocycles. The quantitative estimate of drug-likeness (QED) is 0.788. The minimum Gasteiger partial charge on any atom is -0.394 e. The second kappa shape index (κ2) is 6.33. The standard InChI is InChI=1S/C13H20N4O3S/c1-9-4-16(5-11(6-18)20-9)12(19)7-21-13-15-14-8-17(13)10-2-3-10/h8-11,18H,2-7H2,1H3. The second-order valence-electron chi connectivity index (χ2n) is 5.59. The zero-order valence-corrected chi connectivity index (χ0v) is 12.8. The van der Waals surface area contributed by atoms with E-state index in [1.807, 2.05) is 6.92 Å². The number of hydrogen-bond donors (Lipinski definition) is 1. The summed E-state index contributed by atoms with van der Waals surface area (Å²) in [5, 5.41) is 18.0. The van der Waals surface area contributed by atoms with E-state index < -0.39 is 0 Å². The molecule has 2 aliphatic rings. The fraction of sp³-hybridized carbons (Fsp3) is 0.769. The Kier molecular flexibility index (Phi) is 4.46.